The van der Waals surface area contributed by atoms with Gasteiger partial charge in [0.2, 0.25) is 0 Å². The highest BCUT2D eigenvalue weighted by Gasteiger charge is 2.22. The Kier molecular flexibility index (Phi) is 3.33. The van der Waals surface area contributed by atoms with Gasteiger partial charge < -0.3 is 9.80 Å². The molecule has 1 aliphatic heterocycles. The fourth-order valence-corrected chi connectivity index (χ4v) is 3.04. The van der Waals surface area contributed by atoms with Gasteiger partial charge in [0.25, 0.3) is 0 Å². The molecule has 3 aromatic rings. The van der Waals surface area contributed by atoms with Crippen LogP contribution in [0.5, 0.6) is 0 Å². The molecule has 0 unspecified atom stereocenters. The van der Waals surface area contributed by atoms with Gasteiger partial charge in [0.1, 0.15) is 17.5 Å². The summed E-state index contributed by atoms with van der Waals surface area (Å²) in [5, 5.41) is 5.34. The SMILES string of the molecule is Cc1nc(N2CCN(c3ccccn3)CC2)c2cnn(C)c2n1. The van der Waals surface area contributed by atoms with Gasteiger partial charge in [-0.15, -0.1) is 0 Å². The Morgan fingerprint density at radius 1 is 1.00 bits per heavy atom. The highest BCUT2D eigenvalue weighted by molar-refractivity contribution is 5.87. The maximum absolute atomic E-state index is 4.66. The molecule has 0 bridgehead atoms. The second-order valence-electron chi connectivity index (χ2n) is 5.76. The molecule has 0 N–H and O–H groups in total. The first-order valence-electron chi connectivity index (χ1n) is 7.79. The van der Waals surface area contributed by atoms with Crippen LogP contribution in [-0.4, -0.2) is 50.9 Å². The number of anilines is 2. The molecule has 3 aromatic heterocycles. The first kappa shape index (κ1) is 13.9. The Hall–Kier alpha value is -2.70. The van der Waals surface area contributed by atoms with Gasteiger partial charge in [0.05, 0.1) is 11.6 Å². The fraction of sp³-hybridized carbons (Fsp3) is 0.375. The van der Waals surface area contributed by atoms with Crippen LogP contribution in [0.4, 0.5) is 11.6 Å². The van der Waals surface area contributed by atoms with E-state index >= 15 is 0 Å². The van der Waals surface area contributed by atoms with E-state index in [1.165, 1.54) is 0 Å². The fourth-order valence-electron chi connectivity index (χ4n) is 3.04. The molecule has 1 saturated heterocycles. The summed E-state index contributed by atoms with van der Waals surface area (Å²) in [7, 11) is 1.91. The molecular weight excluding hydrogens is 290 g/mol. The molecule has 4 rings (SSSR count). The molecule has 1 fully saturated rings. The van der Waals surface area contributed by atoms with Crippen LogP contribution in [0.1, 0.15) is 5.82 Å². The summed E-state index contributed by atoms with van der Waals surface area (Å²) < 4.78 is 1.80. The summed E-state index contributed by atoms with van der Waals surface area (Å²) in [6.07, 6.45) is 3.70. The van der Waals surface area contributed by atoms with E-state index in [9.17, 15) is 0 Å². The van der Waals surface area contributed by atoms with Gasteiger partial charge >= 0.3 is 0 Å². The molecule has 1 aliphatic rings. The Balaban J connectivity index is 1.59. The summed E-state index contributed by atoms with van der Waals surface area (Å²) >= 11 is 0. The van der Waals surface area contributed by atoms with E-state index in [0.717, 1.165) is 54.7 Å². The monoisotopic (exact) mass is 309 g/mol. The Bertz CT molecular complexity index is 819. The summed E-state index contributed by atoms with van der Waals surface area (Å²) in [5.74, 6) is 2.81. The van der Waals surface area contributed by atoms with Crippen molar-refractivity contribution >= 4 is 22.7 Å². The quantitative estimate of drug-likeness (QED) is 0.713. The number of aryl methyl sites for hydroxylation is 2. The lowest BCUT2D eigenvalue weighted by molar-refractivity contribution is 0.642. The molecule has 4 heterocycles. The number of piperazine rings is 1. The van der Waals surface area contributed by atoms with Crippen LogP contribution < -0.4 is 9.80 Å². The summed E-state index contributed by atoms with van der Waals surface area (Å²) in [5.41, 5.74) is 0.889. The van der Waals surface area contributed by atoms with E-state index in [2.05, 4.69) is 35.9 Å². The Morgan fingerprint density at radius 3 is 2.52 bits per heavy atom. The standard InChI is InChI=1S/C16H19N7/c1-12-19-15-13(11-18-21(15)2)16(20-12)23-9-7-22(8-10-23)14-5-3-4-6-17-14/h3-6,11H,7-10H2,1-2H3. The average Bonchev–Trinajstić information content (AvgIpc) is 2.96. The van der Waals surface area contributed by atoms with Crippen molar-refractivity contribution in [1.29, 1.82) is 0 Å². The van der Waals surface area contributed by atoms with Crippen LogP contribution in [0.15, 0.2) is 30.6 Å². The van der Waals surface area contributed by atoms with Crippen molar-refractivity contribution in [2.24, 2.45) is 7.05 Å². The van der Waals surface area contributed by atoms with Crippen molar-refractivity contribution in [2.45, 2.75) is 6.92 Å². The molecule has 0 saturated carbocycles. The van der Waals surface area contributed by atoms with Crippen LogP contribution in [0.25, 0.3) is 11.0 Å². The number of hydrogen-bond acceptors (Lipinski definition) is 6. The van der Waals surface area contributed by atoms with Gasteiger partial charge in [-0.2, -0.15) is 5.10 Å². The molecule has 118 valence electrons. The van der Waals surface area contributed by atoms with Gasteiger partial charge in [0.15, 0.2) is 5.65 Å². The molecule has 23 heavy (non-hydrogen) atoms. The minimum Gasteiger partial charge on any atom is -0.353 e. The third kappa shape index (κ3) is 2.48. The van der Waals surface area contributed by atoms with E-state index in [1.807, 2.05) is 38.5 Å². The molecule has 0 atom stereocenters. The molecule has 0 spiro atoms. The lowest BCUT2D eigenvalue weighted by Gasteiger charge is -2.36. The number of aromatic nitrogens is 5. The van der Waals surface area contributed by atoms with Gasteiger partial charge in [-0.1, -0.05) is 6.07 Å². The van der Waals surface area contributed by atoms with Crippen molar-refractivity contribution < 1.29 is 0 Å². The lowest BCUT2D eigenvalue weighted by Crippen LogP contribution is -2.47. The van der Waals surface area contributed by atoms with Crippen molar-refractivity contribution in [2.75, 3.05) is 36.0 Å². The summed E-state index contributed by atoms with van der Waals surface area (Å²) in [6.45, 7) is 5.62. The first-order valence-corrected chi connectivity index (χ1v) is 7.79. The second-order valence-corrected chi connectivity index (χ2v) is 5.76. The minimum absolute atomic E-state index is 0.781. The zero-order valence-electron chi connectivity index (χ0n) is 13.3. The third-order valence-corrected chi connectivity index (χ3v) is 4.24. The molecule has 7 nitrogen and oxygen atoms in total. The molecule has 0 aromatic carbocycles. The molecule has 7 heteroatoms. The number of rotatable bonds is 2. The van der Waals surface area contributed by atoms with Crippen LogP contribution in [0.3, 0.4) is 0 Å². The largest absolute Gasteiger partial charge is 0.353 e. The van der Waals surface area contributed by atoms with E-state index < -0.39 is 0 Å². The van der Waals surface area contributed by atoms with Gasteiger partial charge in [-0.3, -0.25) is 4.68 Å². The van der Waals surface area contributed by atoms with Gasteiger partial charge in [0, 0.05) is 39.4 Å². The van der Waals surface area contributed by atoms with Crippen LogP contribution in [0.2, 0.25) is 0 Å². The van der Waals surface area contributed by atoms with Crippen LogP contribution in [0, 0.1) is 6.92 Å². The van der Waals surface area contributed by atoms with Crippen molar-refractivity contribution in [3.8, 4) is 0 Å². The smallest absolute Gasteiger partial charge is 0.163 e. The number of hydrogen-bond donors (Lipinski definition) is 0. The predicted octanol–water partition coefficient (Wildman–Crippen LogP) is 1.39. The van der Waals surface area contributed by atoms with Gasteiger partial charge in [-0.05, 0) is 19.1 Å². The Morgan fingerprint density at radius 2 is 1.78 bits per heavy atom. The van der Waals surface area contributed by atoms with E-state index in [1.54, 1.807) is 4.68 Å². The Labute approximate surface area is 134 Å². The molecular formula is C16H19N7. The third-order valence-electron chi connectivity index (χ3n) is 4.24. The first-order chi connectivity index (χ1) is 11.2. The maximum Gasteiger partial charge on any atom is 0.163 e. The number of pyridine rings is 1. The highest BCUT2D eigenvalue weighted by atomic mass is 15.3. The summed E-state index contributed by atoms with van der Waals surface area (Å²) in [4.78, 5) is 18.2. The normalized spacial score (nSPS) is 15.4. The van der Waals surface area contributed by atoms with E-state index in [-0.39, 0.29) is 0 Å². The molecule has 0 amide bonds. The molecule has 0 aliphatic carbocycles. The summed E-state index contributed by atoms with van der Waals surface area (Å²) in [6, 6.07) is 6.04. The van der Waals surface area contributed by atoms with Crippen molar-refractivity contribution in [3.05, 3.63) is 36.4 Å². The maximum atomic E-state index is 4.66. The number of fused-ring (bicyclic) bond motifs is 1. The van der Waals surface area contributed by atoms with Crippen molar-refractivity contribution in [3.63, 3.8) is 0 Å². The number of nitrogens with zero attached hydrogens (tertiary/aromatic N) is 7. The van der Waals surface area contributed by atoms with Crippen molar-refractivity contribution in [1.82, 2.24) is 24.7 Å². The van der Waals surface area contributed by atoms with Crippen LogP contribution in [-0.2, 0) is 7.05 Å². The van der Waals surface area contributed by atoms with Crippen LogP contribution >= 0.6 is 0 Å². The van der Waals surface area contributed by atoms with E-state index in [4.69, 9.17) is 0 Å². The zero-order valence-corrected chi connectivity index (χ0v) is 13.3. The highest BCUT2D eigenvalue weighted by Crippen LogP contribution is 2.25. The van der Waals surface area contributed by atoms with E-state index in [0.29, 0.717) is 0 Å². The second kappa shape index (κ2) is 5.49. The average molecular weight is 309 g/mol. The zero-order chi connectivity index (χ0) is 15.8. The molecule has 0 radical (unpaired) electrons. The lowest BCUT2D eigenvalue weighted by atomic mass is 10.2. The minimum atomic E-state index is 0.781. The van der Waals surface area contributed by atoms with Gasteiger partial charge in [-0.25, -0.2) is 15.0 Å². The predicted molar refractivity (Wildman–Crippen MR) is 89.7 cm³/mol. The topological polar surface area (TPSA) is 63.0 Å².